The molecule has 23 heavy (non-hydrogen) atoms. The minimum absolute atomic E-state index is 0.769. The first kappa shape index (κ1) is 15.3. The lowest BCUT2D eigenvalue weighted by atomic mass is 10.2. The minimum atomic E-state index is -2.96. The van der Waals surface area contributed by atoms with Crippen molar-refractivity contribution in [3.05, 3.63) is 96.1 Å². The summed E-state index contributed by atoms with van der Waals surface area (Å²) in [5.74, 6) is 3.10. The van der Waals surface area contributed by atoms with E-state index in [2.05, 4.69) is 11.6 Å². The first-order chi connectivity index (χ1) is 11.2. The van der Waals surface area contributed by atoms with Crippen LogP contribution in [0, 0.1) is 18.5 Å². The Morgan fingerprint density at radius 2 is 1.17 bits per heavy atom. The average molecular weight is 316 g/mol. The van der Waals surface area contributed by atoms with E-state index in [1.807, 2.05) is 91.9 Å². The molecule has 0 amide bonds. The van der Waals surface area contributed by atoms with Crippen molar-refractivity contribution in [2.45, 2.75) is 6.92 Å². The fourth-order valence-electron chi connectivity index (χ4n) is 2.33. The zero-order valence-corrected chi connectivity index (χ0v) is 13.8. The van der Waals surface area contributed by atoms with E-state index in [0.717, 1.165) is 16.2 Å². The Morgan fingerprint density at radius 1 is 0.696 bits per heavy atom. The third-order valence-electron chi connectivity index (χ3n) is 3.65. The van der Waals surface area contributed by atoms with Gasteiger partial charge >= 0.3 is 0 Å². The smallest absolute Gasteiger partial charge is 0.211 e. The molecule has 0 aliphatic heterocycles. The van der Waals surface area contributed by atoms with Crippen molar-refractivity contribution in [1.82, 2.24) is 0 Å². The molecule has 0 aliphatic rings. The Kier molecular flexibility index (Phi) is 4.47. The summed E-state index contributed by atoms with van der Waals surface area (Å²) in [6, 6.07) is 26.9. The SMILES string of the molecule is Cc1ccc(C#CP(=O)(c2ccccc2)c2ccccc2)cc1. The number of hydrogen-bond donors (Lipinski definition) is 0. The van der Waals surface area contributed by atoms with Gasteiger partial charge in [-0.1, -0.05) is 84.3 Å². The van der Waals surface area contributed by atoms with Gasteiger partial charge in [-0.05, 0) is 24.7 Å². The van der Waals surface area contributed by atoms with Crippen LogP contribution in [0.3, 0.4) is 0 Å². The second-order valence-electron chi connectivity index (χ2n) is 5.38. The zero-order valence-electron chi connectivity index (χ0n) is 12.9. The molecule has 112 valence electrons. The van der Waals surface area contributed by atoms with E-state index in [-0.39, 0.29) is 0 Å². The molecule has 0 aromatic heterocycles. The molecule has 0 radical (unpaired) electrons. The van der Waals surface area contributed by atoms with Crippen molar-refractivity contribution in [2.75, 3.05) is 0 Å². The zero-order chi connectivity index (χ0) is 16.1. The third-order valence-corrected chi connectivity index (χ3v) is 6.13. The van der Waals surface area contributed by atoms with Gasteiger partial charge in [-0.15, -0.1) is 0 Å². The molecule has 0 spiro atoms. The Morgan fingerprint density at radius 3 is 1.65 bits per heavy atom. The second kappa shape index (κ2) is 6.69. The van der Waals surface area contributed by atoms with Gasteiger partial charge in [0.05, 0.1) is 0 Å². The summed E-state index contributed by atoms with van der Waals surface area (Å²) in [4.78, 5) is 0. The van der Waals surface area contributed by atoms with Crippen LogP contribution in [0.1, 0.15) is 11.1 Å². The normalized spacial score (nSPS) is 10.7. The molecule has 3 aromatic rings. The summed E-state index contributed by atoms with van der Waals surface area (Å²) in [6.07, 6.45) is 0. The van der Waals surface area contributed by atoms with Crippen LogP contribution in [-0.2, 0) is 4.57 Å². The quantitative estimate of drug-likeness (QED) is 0.508. The van der Waals surface area contributed by atoms with Crippen LogP contribution in [0.15, 0.2) is 84.9 Å². The number of benzene rings is 3. The summed E-state index contributed by atoms with van der Waals surface area (Å²) in [5, 5.41) is 1.54. The highest BCUT2D eigenvalue weighted by molar-refractivity contribution is 7.83. The maximum absolute atomic E-state index is 13.7. The Hall–Kier alpha value is -2.55. The van der Waals surface area contributed by atoms with Crippen LogP contribution in [0.2, 0.25) is 0 Å². The molecule has 0 saturated heterocycles. The number of hydrogen-bond acceptors (Lipinski definition) is 1. The van der Waals surface area contributed by atoms with E-state index >= 15 is 0 Å². The van der Waals surface area contributed by atoms with Crippen molar-refractivity contribution >= 4 is 17.8 Å². The molecule has 2 heteroatoms. The van der Waals surface area contributed by atoms with E-state index in [9.17, 15) is 4.57 Å². The van der Waals surface area contributed by atoms with Gasteiger partial charge in [0.25, 0.3) is 0 Å². The van der Waals surface area contributed by atoms with Gasteiger partial charge in [0, 0.05) is 16.2 Å². The predicted octanol–water partition coefficient (Wildman–Crippen LogP) is 4.32. The lowest BCUT2D eigenvalue weighted by molar-refractivity contribution is 0.593. The molecule has 0 fully saturated rings. The van der Waals surface area contributed by atoms with Gasteiger partial charge in [0.15, 0.2) is 0 Å². The molecule has 3 rings (SSSR count). The standard InChI is InChI=1S/C21H17OP/c1-18-12-14-19(15-13-18)16-17-23(22,20-8-4-2-5-9-20)21-10-6-3-7-11-21/h2-15H,1H3. The van der Waals surface area contributed by atoms with Crippen LogP contribution >= 0.6 is 7.14 Å². The molecule has 1 nitrogen and oxygen atoms in total. The van der Waals surface area contributed by atoms with Gasteiger partial charge < -0.3 is 0 Å². The van der Waals surface area contributed by atoms with Crippen molar-refractivity contribution in [1.29, 1.82) is 0 Å². The summed E-state index contributed by atoms with van der Waals surface area (Å²) < 4.78 is 13.7. The van der Waals surface area contributed by atoms with Crippen LogP contribution in [-0.4, -0.2) is 0 Å². The van der Waals surface area contributed by atoms with Gasteiger partial charge in [-0.3, -0.25) is 4.57 Å². The van der Waals surface area contributed by atoms with Crippen molar-refractivity contribution in [2.24, 2.45) is 0 Å². The second-order valence-corrected chi connectivity index (χ2v) is 7.86. The fraction of sp³-hybridized carbons (Fsp3) is 0.0476. The van der Waals surface area contributed by atoms with Crippen LogP contribution in [0.5, 0.6) is 0 Å². The molecule has 0 aliphatic carbocycles. The van der Waals surface area contributed by atoms with Crippen molar-refractivity contribution < 1.29 is 4.57 Å². The molecular weight excluding hydrogens is 299 g/mol. The van der Waals surface area contributed by atoms with Gasteiger partial charge in [0.2, 0.25) is 7.14 Å². The maximum Gasteiger partial charge on any atom is 0.211 e. The molecule has 0 atom stereocenters. The Bertz CT molecular complexity index is 842. The number of rotatable bonds is 2. The van der Waals surface area contributed by atoms with Gasteiger partial charge in [-0.25, -0.2) is 0 Å². The van der Waals surface area contributed by atoms with E-state index in [0.29, 0.717) is 0 Å². The van der Waals surface area contributed by atoms with E-state index in [1.54, 1.807) is 0 Å². The molecule has 0 saturated carbocycles. The lowest BCUT2D eigenvalue weighted by Crippen LogP contribution is -2.14. The predicted molar refractivity (Wildman–Crippen MR) is 97.8 cm³/mol. The number of aryl methyl sites for hydroxylation is 1. The fourth-order valence-corrected chi connectivity index (χ4v) is 4.36. The van der Waals surface area contributed by atoms with Gasteiger partial charge in [-0.2, -0.15) is 0 Å². The van der Waals surface area contributed by atoms with Crippen LogP contribution in [0.25, 0.3) is 0 Å². The topological polar surface area (TPSA) is 17.1 Å². The minimum Gasteiger partial charge on any atom is -0.300 e. The maximum atomic E-state index is 13.7. The van der Waals surface area contributed by atoms with Crippen LogP contribution < -0.4 is 10.6 Å². The average Bonchev–Trinajstić information content (AvgIpc) is 2.62. The third kappa shape index (κ3) is 3.45. The molecule has 0 unspecified atom stereocenters. The molecular formula is C21H17OP. The summed E-state index contributed by atoms with van der Waals surface area (Å²) in [6.45, 7) is 2.04. The van der Waals surface area contributed by atoms with Crippen molar-refractivity contribution in [3.8, 4) is 11.6 Å². The lowest BCUT2D eigenvalue weighted by Gasteiger charge is -2.12. The summed E-state index contributed by atoms with van der Waals surface area (Å²) >= 11 is 0. The first-order valence-corrected chi connectivity index (χ1v) is 9.20. The molecule has 0 N–H and O–H groups in total. The summed E-state index contributed by atoms with van der Waals surface area (Å²) in [7, 11) is -2.96. The Labute approximate surface area is 137 Å². The highest BCUT2D eigenvalue weighted by atomic mass is 31.2. The summed E-state index contributed by atoms with van der Waals surface area (Å²) in [5.41, 5.74) is 5.13. The largest absolute Gasteiger partial charge is 0.300 e. The van der Waals surface area contributed by atoms with Crippen molar-refractivity contribution in [3.63, 3.8) is 0 Å². The monoisotopic (exact) mass is 316 g/mol. The molecule has 0 bridgehead atoms. The molecule has 0 heterocycles. The Balaban J connectivity index is 2.11. The highest BCUT2D eigenvalue weighted by Crippen LogP contribution is 2.41. The van der Waals surface area contributed by atoms with E-state index < -0.39 is 7.14 Å². The van der Waals surface area contributed by atoms with Gasteiger partial charge in [0.1, 0.15) is 0 Å². The van der Waals surface area contributed by atoms with E-state index in [1.165, 1.54) is 5.56 Å². The van der Waals surface area contributed by atoms with E-state index in [4.69, 9.17) is 0 Å². The highest BCUT2D eigenvalue weighted by Gasteiger charge is 2.24. The van der Waals surface area contributed by atoms with Crippen LogP contribution in [0.4, 0.5) is 0 Å². The first-order valence-electron chi connectivity index (χ1n) is 7.50. The molecule has 3 aromatic carbocycles.